The number of hydrogen-bond acceptors (Lipinski definition) is 2. The molecule has 1 atom stereocenters. The summed E-state index contributed by atoms with van der Waals surface area (Å²) in [6.07, 6.45) is 1.69. The first-order valence-corrected chi connectivity index (χ1v) is 8.12. The molecule has 0 bridgehead atoms. The Bertz CT molecular complexity index is 853. The zero-order valence-corrected chi connectivity index (χ0v) is 13.6. The molecular formula is C18H12Cl2N2O. The first-order valence-electron chi connectivity index (χ1n) is 7.36. The molecule has 1 saturated carbocycles. The van der Waals surface area contributed by atoms with Crippen LogP contribution in [0.4, 0.5) is 0 Å². The highest BCUT2D eigenvalue weighted by atomic mass is 35.5. The fraction of sp³-hybridized carbons (Fsp3) is 0.222. The summed E-state index contributed by atoms with van der Waals surface area (Å²) in [5, 5.41) is 10.5. The van der Waals surface area contributed by atoms with Crippen LogP contribution in [0, 0.1) is 11.3 Å². The molecule has 1 heterocycles. The molecule has 5 heteroatoms. The Balaban J connectivity index is 1.87. The lowest BCUT2D eigenvalue weighted by molar-refractivity contribution is 0.0635. The van der Waals surface area contributed by atoms with Gasteiger partial charge in [-0.05, 0) is 30.5 Å². The molecule has 0 saturated heterocycles. The summed E-state index contributed by atoms with van der Waals surface area (Å²) in [6.45, 7) is 0. The van der Waals surface area contributed by atoms with Crippen LogP contribution in [-0.2, 0) is 5.54 Å². The lowest BCUT2D eigenvalue weighted by Crippen LogP contribution is -2.38. The highest BCUT2D eigenvalue weighted by molar-refractivity contribution is 6.36. The van der Waals surface area contributed by atoms with Gasteiger partial charge in [-0.1, -0.05) is 53.5 Å². The third-order valence-corrected chi connectivity index (χ3v) is 5.22. The van der Waals surface area contributed by atoms with E-state index in [0.717, 1.165) is 18.4 Å². The van der Waals surface area contributed by atoms with Crippen molar-refractivity contribution in [3.8, 4) is 6.07 Å². The normalized spacial score (nSPS) is 21.0. The van der Waals surface area contributed by atoms with Crippen LogP contribution in [0.15, 0.2) is 42.5 Å². The van der Waals surface area contributed by atoms with Crippen molar-refractivity contribution in [1.82, 2.24) is 4.90 Å². The summed E-state index contributed by atoms with van der Waals surface area (Å²) in [5.74, 6) is -0.169. The molecule has 3 nitrogen and oxygen atoms in total. The number of carbonyl (C=O) groups excluding carboxylic acids is 1. The minimum absolute atomic E-state index is 0.169. The Morgan fingerprint density at radius 3 is 2.48 bits per heavy atom. The highest BCUT2D eigenvalue weighted by Gasteiger charge is 2.57. The lowest BCUT2D eigenvalue weighted by atomic mass is 10.0. The predicted octanol–water partition coefficient (Wildman–Crippen LogP) is 4.70. The number of nitrogens with zero attached hydrogens (tertiary/aromatic N) is 2. The second-order valence-corrected chi connectivity index (χ2v) is 6.80. The molecule has 1 amide bonds. The Morgan fingerprint density at radius 2 is 1.87 bits per heavy atom. The number of carbonyl (C=O) groups is 1. The second-order valence-electron chi connectivity index (χ2n) is 5.95. The van der Waals surface area contributed by atoms with E-state index in [0.29, 0.717) is 21.2 Å². The summed E-state index contributed by atoms with van der Waals surface area (Å²) in [4.78, 5) is 14.7. The van der Waals surface area contributed by atoms with Crippen LogP contribution >= 0.6 is 23.2 Å². The molecule has 1 aliphatic carbocycles. The second kappa shape index (κ2) is 4.99. The van der Waals surface area contributed by atoms with E-state index >= 15 is 0 Å². The maximum Gasteiger partial charge on any atom is 0.256 e. The number of amides is 1. The zero-order chi connectivity index (χ0) is 16.2. The minimum atomic E-state index is -0.676. The summed E-state index contributed by atoms with van der Waals surface area (Å²) < 4.78 is 0. The standard InChI is InChI=1S/C18H12Cl2N2O/c19-12-8-13-16(14(20)9-12)15(10-21)22(17(13)23)18(6-7-18)11-4-2-1-3-5-11/h1-5,8-9,15H,6-7H2. The molecule has 2 aliphatic rings. The number of halogens is 2. The Morgan fingerprint density at radius 1 is 1.17 bits per heavy atom. The molecule has 2 aromatic rings. The van der Waals surface area contributed by atoms with Gasteiger partial charge in [0.25, 0.3) is 5.91 Å². The molecule has 4 rings (SSSR count). The van der Waals surface area contributed by atoms with E-state index < -0.39 is 11.6 Å². The van der Waals surface area contributed by atoms with Crippen molar-refractivity contribution in [3.05, 3.63) is 69.2 Å². The summed E-state index contributed by atoms with van der Waals surface area (Å²) in [5.41, 5.74) is 1.67. The van der Waals surface area contributed by atoms with E-state index in [1.807, 2.05) is 30.3 Å². The van der Waals surface area contributed by atoms with Crippen molar-refractivity contribution >= 4 is 29.1 Å². The molecule has 23 heavy (non-hydrogen) atoms. The van der Waals surface area contributed by atoms with Gasteiger partial charge in [-0.15, -0.1) is 0 Å². The molecule has 2 aromatic carbocycles. The van der Waals surface area contributed by atoms with Crippen LogP contribution in [0.1, 0.15) is 40.4 Å². The van der Waals surface area contributed by atoms with Gasteiger partial charge in [-0.3, -0.25) is 4.79 Å². The van der Waals surface area contributed by atoms with E-state index in [1.165, 1.54) is 0 Å². The first-order chi connectivity index (χ1) is 11.1. The fourth-order valence-electron chi connectivity index (χ4n) is 3.51. The maximum absolute atomic E-state index is 13.0. The Labute approximate surface area is 144 Å². The number of rotatable bonds is 2. The van der Waals surface area contributed by atoms with Crippen LogP contribution in [0.2, 0.25) is 10.0 Å². The van der Waals surface area contributed by atoms with Gasteiger partial charge in [0.2, 0.25) is 0 Å². The van der Waals surface area contributed by atoms with Crippen molar-refractivity contribution in [2.45, 2.75) is 24.4 Å². The molecular weight excluding hydrogens is 331 g/mol. The topological polar surface area (TPSA) is 44.1 Å². The average molecular weight is 343 g/mol. The Kier molecular flexibility index (Phi) is 3.16. The van der Waals surface area contributed by atoms with Gasteiger partial charge in [-0.2, -0.15) is 5.26 Å². The van der Waals surface area contributed by atoms with Gasteiger partial charge >= 0.3 is 0 Å². The van der Waals surface area contributed by atoms with Crippen LogP contribution in [0.25, 0.3) is 0 Å². The highest BCUT2D eigenvalue weighted by Crippen LogP contribution is 2.57. The molecule has 0 aromatic heterocycles. The Hall–Kier alpha value is -2.02. The number of benzene rings is 2. The SMILES string of the molecule is N#CC1c2c(Cl)cc(Cl)cc2C(=O)N1C1(c2ccccc2)CC1. The van der Waals surface area contributed by atoms with Crippen molar-refractivity contribution in [2.24, 2.45) is 0 Å². The van der Waals surface area contributed by atoms with Crippen molar-refractivity contribution in [2.75, 3.05) is 0 Å². The third-order valence-electron chi connectivity index (χ3n) is 4.69. The largest absolute Gasteiger partial charge is 0.309 e. The van der Waals surface area contributed by atoms with E-state index in [2.05, 4.69) is 6.07 Å². The molecule has 1 fully saturated rings. The fourth-order valence-corrected chi connectivity index (χ4v) is 4.11. The number of fused-ring (bicyclic) bond motifs is 1. The predicted molar refractivity (Wildman–Crippen MR) is 88.3 cm³/mol. The van der Waals surface area contributed by atoms with Crippen LogP contribution in [0.3, 0.4) is 0 Å². The number of hydrogen-bond donors (Lipinski definition) is 0. The van der Waals surface area contributed by atoms with Crippen LogP contribution in [-0.4, -0.2) is 10.8 Å². The molecule has 0 spiro atoms. The van der Waals surface area contributed by atoms with Gasteiger partial charge in [0.15, 0.2) is 0 Å². The van der Waals surface area contributed by atoms with Crippen molar-refractivity contribution in [3.63, 3.8) is 0 Å². The van der Waals surface area contributed by atoms with Crippen molar-refractivity contribution < 1.29 is 4.79 Å². The minimum Gasteiger partial charge on any atom is -0.309 e. The quantitative estimate of drug-likeness (QED) is 0.793. The zero-order valence-electron chi connectivity index (χ0n) is 12.1. The molecule has 0 radical (unpaired) electrons. The lowest BCUT2D eigenvalue weighted by Gasteiger charge is -2.31. The summed E-state index contributed by atoms with van der Waals surface area (Å²) in [6, 6.07) is 14.6. The van der Waals surface area contributed by atoms with Gasteiger partial charge < -0.3 is 4.90 Å². The van der Waals surface area contributed by atoms with Crippen molar-refractivity contribution in [1.29, 1.82) is 5.26 Å². The third kappa shape index (κ3) is 1.99. The molecule has 114 valence electrons. The average Bonchev–Trinajstić information content (AvgIpc) is 3.29. The van der Waals surface area contributed by atoms with Crippen LogP contribution in [0.5, 0.6) is 0 Å². The molecule has 1 unspecified atom stereocenters. The molecule has 1 aliphatic heterocycles. The summed E-state index contributed by atoms with van der Waals surface area (Å²) >= 11 is 12.3. The maximum atomic E-state index is 13.0. The van der Waals surface area contributed by atoms with E-state index in [-0.39, 0.29) is 5.91 Å². The smallest absolute Gasteiger partial charge is 0.256 e. The number of nitriles is 1. The first kappa shape index (κ1) is 14.6. The van der Waals surface area contributed by atoms with Gasteiger partial charge in [-0.25, -0.2) is 0 Å². The van der Waals surface area contributed by atoms with E-state index in [9.17, 15) is 10.1 Å². The molecule has 0 N–H and O–H groups in total. The van der Waals surface area contributed by atoms with Gasteiger partial charge in [0.05, 0.1) is 11.6 Å². The van der Waals surface area contributed by atoms with Gasteiger partial charge in [0.1, 0.15) is 6.04 Å². The van der Waals surface area contributed by atoms with Crippen LogP contribution < -0.4 is 0 Å². The summed E-state index contributed by atoms with van der Waals surface area (Å²) in [7, 11) is 0. The van der Waals surface area contributed by atoms with E-state index in [4.69, 9.17) is 23.2 Å². The van der Waals surface area contributed by atoms with E-state index in [1.54, 1.807) is 17.0 Å². The monoisotopic (exact) mass is 342 g/mol. The van der Waals surface area contributed by atoms with Gasteiger partial charge in [0, 0.05) is 21.2 Å².